The van der Waals surface area contributed by atoms with Gasteiger partial charge in [0.25, 0.3) is 10.0 Å². The second-order valence-corrected chi connectivity index (χ2v) is 5.92. The van der Waals surface area contributed by atoms with E-state index in [0.717, 1.165) is 0 Å². The van der Waals surface area contributed by atoms with Crippen LogP contribution in [0.5, 0.6) is 5.75 Å². The summed E-state index contributed by atoms with van der Waals surface area (Å²) in [5, 5.41) is -0.162. The first-order chi connectivity index (χ1) is 9.45. The minimum atomic E-state index is -3.97. The Balaban J connectivity index is 2.44. The van der Waals surface area contributed by atoms with Gasteiger partial charge in [0.1, 0.15) is 10.6 Å². The van der Waals surface area contributed by atoms with Crippen molar-refractivity contribution in [3.05, 3.63) is 53.3 Å². The lowest BCUT2D eigenvalue weighted by molar-refractivity contribution is 0.403. The molecule has 0 saturated carbocycles. The van der Waals surface area contributed by atoms with Crippen molar-refractivity contribution in [2.24, 2.45) is 0 Å². The number of nitrogens with one attached hydrogen (secondary N) is 1. The van der Waals surface area contributed by atoms with Crippen LogP contribution in [0.2, 0.25) is 5.02 Å². The molecule has 0 aliphatic carbocycles. The minimum absolute atomic E-state index is 0.0816. The summed E-state index contributed by atoms with van der Waals surface area (Å²) in [4.78, 5) is -0.0816. The number of para-hydroxylation sites is 1. The summed E-state index contributed by atoms with van der Waals surface area (Å²) in [6.45, 7) is 0. The van der Waals surface area contributed by atoms with Gasteiger partial charge >= 0.3 is 0 Å². The van der Waals surface area contributed by atoms with Crippen molar-refractivity contribution in [2.75, 3.05) is 11.8 Å². The van der Waals surface area contributed by atoms with E-state index in [9.17, 15) is 12.8 Å². The number of anilines is 1. The Hall–Kier alpha value is -1.79. The van der Waals surface area contributed by atoms with E-state index in [0.29, 0.717) is 0 Å². The Morgan fingerprint density at radius 2 is 1.85 bits per heavy atom. The lowest BCUT2D eigenvalue weighted by Crippen LogP contribution is -2.15. The fraction of sp³-hybridized carbons (Fsp3) is 0.0769. The monoisotopic (exact) mass is 315 g/mol. The van der Waals surface area contributed by atoms with Crippen LogP contribution in [0.1, 0.15) is 0 Å². The van der Waals surface area contributed by atoms with Crippen LogP contribution in [0.3, 0.4) is 0 Å². The number of sulfonamides is 1. The average Bonchev–Trinajstić information content (AvgIpc) is 2.43. The van der Waals surface area contributed by atoms with E-state index in [1.165, 1.54) is 37.4 Å². The van der Waals surface area contributed by atoms with Crippen LogP contribution in [0.15, 0.2) is 47.4 Å². The number of benzene rings is 2. The summed E-state index contributed by atoms with van der Waals surface area (Å²) in [5.41, 5.74) is -0.219. The van der Waals surface area contributed by atoms with Gasteiger partial charge in [-0.1, -0.05) is 29.8 Å². The summed E-state index contributed by atoms with van der Waals surface area (Å²) >= 11 is 5.61. The van der Waals surface area contributed by atoms with E-state index in [2.05, 4.69) is 4.72 Å². The molecule has 0 atom stereocenters. The molecule has 0 aliphatic rings. The van der Waals surface area contributed by atoms with E-state index in [4.69, 9.17) is 16.3 Å². The van der Waals surface area contributed by atoms with Crippen molar-refractivity contribution >= 4 is 27.3 Å². The van der Waals surface area contributed by atoms with E-state index in [1.807, 2.05) is 0 Å². The van der Waals surface area contributed by atoms with Gasteiger partial charge in [-0.3, -0.25) is 4.72 Å². The molecule has 0 saturated heterocycles. The van der Waals surface area contributed by atoms with E-state index < -0.39 is 15.8 Å². The Morgan fingerprint density at radius 1 is 1.15 bits per heavy atom. The zero-order valence-corrected chi connectivity index (χ0v) is 12.0. The standard InChI is InChI=1S/C13H11ClFNO3S/c1-19-11-7-2-3-8-12(11)20(17,18)16-10-6-4-5-9(14)13(10)15/h2-8,16H,1H3. The SMILES string of the molecule is COc1ccccc1S(=O)(=O)Nc1cccc(Cl)c1F. The molecule has 0 bridgehead atoms. The van der Waals surface area contributed by atoms with E-state index in [1.54, 1.807) is 12.1 Å². The molecule has 0 fully saturated rings. The number of rotatable bonds is 4. The van der Waals surface area contributed by atoms with Crippen molar-refractivity contribution < 1.29 is 17.5 Å². The largest absolute Gasteiger partial charge is 0.495 e. The highest BCUT2D eigenvalue weighted by molar-refractivity contribution is 7.92. The van der Waals surface area contributed by atoms with Gasteiger partial charge in [-0.2, -0.15) is 0 Å². The average molecular weight is 316 g/mol. The Kier molecular flexibility index (Phi) is 4.15. The molecule has 106 valence electrons. The maximum atomic E-state index is 13.7. The molecule has 2 rings (SSSR count). The zero-order valence-electron chi connectivity index (χ0n) is 10.4. The molecule has 0 heterocycles. The Labute approximate surface area is 121 Å². The molecule has 2 aromatic rings. The highest BCUT2D eigenvalue weighted by atomic mass is 35.5. The summed E-state index contributed by atoms with van der Waals surface area (Å²) < 4.78 is 45.4. The third-order valence-corrected chi connectivity index (χ3v) is 4.25. The fourth-order valence-electron chi connectivity index (χ4n) is 1.62. The first-order valence-corrected chi connectivity index (χ1v) is 7.41. The lowest BCUT2D eigenvalue weighted by Gasteiger charge is -2.12. The normalized spacial score (nSPS) is 11.2. The summed E-state index contributed by atoms with van der Waals surface area (Å²) in [6.07, 6.45) is 0. The maximum Gasteiger partial charge on any atom is 0.265 e. The number of ether oxygens (including phenoxy) is 1. The number of halogens is 2. The Morgan fingerprint density at radius 3 is 2.55 bits per heavy atom. The molecule has 4 nitrogen and oxygen atoms in total. The van der Waals surface area contributed by atoms with Crippen molar-refractivity contribution in [3.8, 4) is 5.75 Å². The third-order valence-electron chi connectivity index (χ3n) is 2.55. The first kappa shape index (κ1) is 14.6. The predicted molar refractivity (Wildman–Crippen MR) is 75.2 cm³/mol. The van der Waals surface area contributed by atoms with Gasteiger partial charge < -0.3 is 4.74 Å². The zero-order chi connectivity index (χ0) is 14.8. The van der Waals surface area contributed by atoms with Gasteiger partial charge in [-0.05, 0) is 24.3 Å². The third kappa shape index (κ3) is 2.86. The molecule has 2 aromatic carbocycles. The Bertz CT molecular complexity index is 734. The quantitative estimate of drug-likeness (QED) is 0.942. The van der Waals surface area contributed by atoms with E-state index in [-0.39, 0.29) is 21.4 Å². The maximum absolute atomic E-state index is 13.7. The number of hydrogen-bond acceptors (Lipinski definition) is 3. The summed E-state index contributed by atoms with van der Waals surface area (Å²) in [7, 11) is -2.61. The minimum Gasteiger partial charge on any atom is -0.495 e. The van der Waals surface area contributed by atoms with Gasteiger partial charge in [0.05, 0.1) is 17.8 Å². The molecule has 0 amide bonds. The second kappa shape index (κ2) is 5.68. The van der Waals surface area contributed by atoms with Crippen LogP contribution in [0.4, 0.5) is 10.1 Å². The summed E-state index contributed by atoms with van der Waals surface area (Å²) in [5.74, 6) is -0.657. The number of hydrogen-bond donors (Lipinski definition) is 1. The molecule has 0 aliphatic heterocycles. The molecular formula is C13H11ClFNO3S. The lowest BCUT2D eigenvalue weighted by atomic mass is 10.3. The van der Waals surface area contributed by atoms with Gasteiger partial charge in [0, 0.05) is 0 Å². The molecule has 0 radical (unpaired) electrons. The smallest absolute Gasteiger partial charge is 0.265 e. The van der Waals surface area contributed by atoms with Crippen molar-refractivity contribution in [3.63, 3.8) is 0 Å². The topological polar surface area (TPSA) is 55.4 Å². The molecule has 0 aromatic heterocycles. The van der Waals surface area contributed by atoms with Crippen LogP contribution in [0, 0.1) is 5.82 Å². The van der Waals surface area contributed by atoms with Gasteiger partial charge in [-0.25, -0.2) is 12.8 Å². The molecular weight excluding hydrogens is 305 g/mol. The van der Waals surface area contributed by atoms with E-state index >= 15 is 0 Å². The van der Waals surface area contributed by atoms with Crippen LogP contribution in [-0.4, -0.2) is 15.5 Å². The molecule has 1 N–H and O–H groups in total. The number of methoxy groups -OCH3 is 1. The van der Waals surface area contributed by atoms with Crippen LogP contribution in [-0.2, 0) is 10.0 Å². The van der Waals surface area contributed by atoms with Gasteiger partial charge in [0.15, 0.2) is 5.82 Å². The van der Waals surface area contributed by atoms with Crippen molar-refractivity contribution in [1.29, 1.82) is 0 Å². The van der Waals surface area contributed by atoms with Crippen LogP contribution < -0.4 is 9.46 Å². The second-order valence-electron chi connectivity index (χ2n) is 3.86. The molecule has 7 heteroatoms. The molecule has 20 heavy (non-hydrogen) atoms. The molecule has 0 unspecified atom stereocenters. The molecule has 0 spiro atoms. The van der Waals surface area contributed by atoms with Crippen molar-refractivity contribution in [2.45, 2.75) is 4.90 Å². The summed E-state index contributed by atoms with van der Waals surface area (Å²) in [6, 6.07) is 10.1. The van der Waals surface area contributed by atoms with Crippen molar-refractivity contribution in [1.82, 2.24) is 0 Å². The van der Waals surface area contributed by atoms with Crippen LogP contribution >= 0.6 is 11.6 Å². The highest BCUT2D eigenvalue weighted by Gasteiger charge is 2.21. The van der Waals surface area contributed by atoms with Gasteiger partial charge in [0.2, 0.25) is 0 Å². The van der Waals surface area contributed by atoms with Crippen LogP contribution in [0.25, 0.3) is 0 Å². The predicted octanol–water partition coefficient (Wildman–Crippen LogP) is 3.29. The first-order valence-electron chi connectivity index (χ1n) is 5.55. The highest BCUT2D eigenvalue weighted by Crippen LogP contribution is 2.28. The van der Waals surface area contributed by atoms with Gasteiger partial charge in [-0.15, -0.1) is 0 Å². The fourth-order valence-corrected chi connectivity index (χ4v) is 3.03.